The molecule has 0 saturated carbocycles. The summed E-state index contributed by atoms with van der Waals surface area (Å²) < 4.78 is 2.52. The molecule has 0 aliphatic carbocycles. The standard InChI is InChI=1S/C11H13IN6/c1-2-10-15-17-11(18(10)13)16-14-7-8-5-3-4-6-9(8)12/h3-7H,2,13H2,1H3,(H,16,17)/b14-7-. The van der Waals surface area contributed by atoms with Crippen molar-refractivity contribution in [2.75, 3.05) is 11.3 Å². The number of hydrogen-bond acceptors (Lipinski definition) is 5. The number of hydrazone groups is 1. The van der Waals surface area contributed by atoms with Crippen molar-refractivity contribution in [3.05, 3.63) is 39.2 Å². The number of rotatable bonds is 4. The number of halogens is 1. The van der Waals surface area contributed by atoms with Crippen molar-refractivity contribution in [2.24, 2.45) is 5.10 Å². The third kappa shape index (κ3) is 2.78. The van der Waals surface area contributed by atoms with E-state index in [4.69, 9.17) is 5.84 Å². The molecular weight excluding hydrogens is 343 g/mol. The first-order chi connectivity index (χ1) is 8.72. The first-order valence-electron chi connectivity index (χ1n) is 5.45. The van der Waals surface area contributed by atoms with Gasteiger partial charge in [0.2, 0.25) is 0 Å². The van der Waals surface area contributed by atoms with Crippen LogP contribution in [0.25, 0.3) is 0 Å². The van der Waals surface area contributed by atoms with Crippen molar-refractivity contribution in [1.82, 2.24) is 14.9 Å². The Hall–Kier alpha value is -1.64. The lowest BCUT2D eigenvalue weighted by Gasteiger charge is -2.01. The Labute approximate surface area is 118 Å². The second-order valence-electron chi connectivity index (χ2n) is 3.55. The fraction of sp³-hybridized carbons (Fsp3) is 0.182. The molecule has 3 N–H and O–H groups in total. The van der Waals surface area contributed by atoms with Gasteiger partial charge in [-0.2, -0.15) is 5.10 Å². The summed E-state index contributed by atoms with van der Waals surface area (Å²) in [4.78, 5) is 0. The van der Waals surface area contributed by atoms with E-state index >= 15 is 0 Å². The average molecular weight is 356 g/mol. The molecule has 0 unspecified atom stereocenters. The van der Waals surface area contributed by atoms with Gasteiger partial charge in [0.1, 0.15) is 0 Å². The first-order valence-corrected chi connectivity index (χ1v) is 6.53. The van der Waals surface area contributed by atoms with E-state index in [9.17, 15) is 0 Å². The monoisotopic (exact) mass is 356 g/mol. The van der Waals surface area contributed by atoms with Gasteiger partial charge in [0, 0.05) is 15.6 Å². The van der Waals surface area contributed by atoms with Crippen LogP contribution in [0, 0.1) is 3.57 Å². The molecule has 18 heavy (non-hydrogen) atoms. The zero-order chi connectivity index (χ0) is 13.0. The third-order valence-electron chi connectivity index (χ3n) is 2.36. The predicted molar refractivity (Wildman–Crippen MR) is 79.9 cm³/mol. The Bertz CT molecular complexity index is 562. The number of nitrogens with two attached hydrogens (primary N) is 1. The van der Waals surface area contributed by atoms with E-state index in [1.54, 1.807) is 6.21 Å². The van der Waals surface area contributed by atoms with Gasteiger partial charge in [0.25, 0.3) is 5.95 Å². The maximum atomic E-state index is 5.78. The highest BCUT2D eigenvalue weighted by molar-refractivity contribution is 14.1. The molecule has 2 aromatic rings. The molecule has 0 fully saturated rings. The van der Waals surface area contributed by atoms with Crippen LogP contribution in [0.1, 0.15) is 18.3 Å². The quantitative estimate of drug-likeness (QED) is 0.378. The lowest BCUT2D eigenvalue weighted by molar-refractivity contribution is 0.855. The van der Waals surface area contributed by atoms with Crippen LogP contribution in [0.15, 0.2) is 29.4 Å². The van der Waals surface area contributed by atoms with Gasteiger partial charge in [-0.25, -0.2) is 10.1 Å². The van der Waals surface area contributed by atoms with Crippen molar-refractivity contribution in [2.45, 2.75) is 13.3 Å². The highest BCUT2D eigenvalue weighted by Gasteiger charge is 2.05. The Balaban J connectivity index is 2.07. The minimum Gasteiger partial charge on any atom is -0.335 e. The second-order valence-corrected chi connectivity index (χ2v) is 4.72. The molecule has 0 spiro atoms. The largest absolute Gasteiger partial charge is 0.335 e. The summed E-state index contributed by atoms with van der Waals surface area (Å²) in [5.74, 6) is 6.91. The van der Waals surface area contributed by atoms with Crippen molar-refractivity contribution >= 4 is 34.8 Å². The van der Waals surface area contributed by atoms with Crippen LogP contribution >= 0.6 is 22.6 Å². The molecule has 1 heterocycles. The minimum absolute atomic E-state index is 0.425. The number of hydrogen-bond donors (Lipinski definition) is 2. The van der Waals surface area contributed by atoms with Gasteiger partial charge in [-0.3, -0.25) is 0 Å². The van der Waals surface area contributed by atoms with Crippen LogP contribution in [0.3, 0.4) is 0 Å². The molecule has 0 radical (unpaired) electrons. The van der Waals surface area contributed by atoms with Gasteiger partial charge >= 0.3 is 0 Å². The molecule has 1 aromatic heterocycles. The molecule has 0 saturated heterocycles. The van der Waals surface area contributed by atoms with Crippen molar-refractivity contribution in [1.29, 1.82) is 0 Å². The lowest BCUT2D eigenvalue weighted by atomic mass is 10.2. The zero-order valence-electron chi connectivity index (χ0n) is 9.84. The number of nitrogens with zero attached hydrogens (tertiary/aromatic N) is 4. The highest BCUT2D eigenvalue weighted by Crippen LogP contribution is 2.09. The van der Waals surface area contributed by atoms with Crippen molar-refractivity contribution in [3.63, 3.8) is 0 Å². The molecule has 0 aliphatic heterocycles. The molecule has 2 rings (SSSR count). The molecule has 0 atom stereocenters. The highest BCUT2D eigenvalue weighted by atomic mass is 127. The Morgan fingerprint density at radius 3 is 2.89 bits per heavy atom. The summed E-state index contributed by atoms with van der Waals surface area (Å²) in [7, 11) is 0. The summed E-state index contributed by atoms with van der Waals surface area (Å²) in [6.45, 7) is 1.97. The van der Waals surface area contributed by atoms with Crippen molar-refractivity contribution < 1.29 is 0 Å². The summed E-state index contributed by atoms with van der Waals surface area (Å²) in [6.07, 6.45) is 2.45. The maximum absolute atomic E-state index is 5.78. The molecular formula is C11H13IN6. The average Bonchev–Trinajstić information content (AvgIpc) is 2.73. The van der Waals surface area contributed by atoms with Gasteiger partial charge in [0.15, 0.2) is 5.82 Å². The van der Waals surface area contributed by atoms with Gasteiger partial charge in [-0.05, 0) is 28.7 Å². The van der Waals surface area contributed by atoms with E-state index in [-0.39, 0.29) is 0 Å². The van der Waals surface area contributed by atoms with Crippen LogP contribution in [-0.4, -0.2) is 21.1 Å². The van der Waals surface area contributed by atoms with E-state index in [2.05, 4.69) is 43.3 Å². The Kier molecular flexibility index (Phi) is 4.13. The number of aromatic nitrogens is 3. The van der Waals surface area contributed by atoms with Gasteiger partial charge in [-0.1, -0.05) is 25.1 Å². The molecule has 1 aromatic carbocycles. The van der Waals surface area contributed by atoms with Crippen LogP contribution < -0.4 is 11.3 Å². The number of aryl methyl sites for hydroxylation is 1. The van der Waals surface area contributed by atoms with Gasteiger partial charge < -0.3 is 5.84 Å². The SMILES string of the molecule is CCc1nnc(N/N=C\c2ccccc2I)n1N. The molecule has 0 bridgehead atoms. The van der Waals surface area contributed by atoms with Gasteiger partial charge in [0.05, 0.1) is 6.21 Å². The fourth-order valence-electron chi connectivity index (χ4n) is 1.38. The number of nitrogen functional groups attached to an aromatic ring is 1. The zero-order valence-corrected chi connectivity index (χ0v) is 12.0. The van der Waals surface area contributed by atoms with E-state index in [0.717, 1.165) is 15.6 Å². The van der Waals surface area contributed by atoms with E-state index in [1.165, 1.54) is 4.68 Å². The first kappa shape index (κ1) is 12.8. The molecule has 94 valence electrons. The molecule has 0 amide bonds. The Morgan fingerprint density at radius 1 is 1.44 bits per heavy atom. The van der Waals surface area contributed by atoms with Crippen LogP contribution in [0.4, 0.5) is 5.95 Å². The summed E-state index contributed by atoms with van der Waals surface area (Å²) >= 11 is 2.25. The van der Waals surface area contributed by atoms with Crippen LogP contribution in [-0.2, 0) is 6.42 Å². The normalized spacial score (nSPS) is 11.0. The smallest absolute Gasteiger partial charge is 0.263 e. The Morgan fingerprint density at radius 2 is 2.22 bits per heavy atom. The van der Waals surface area contributed by atoms with E-state index in [1.807, 2.05) is 31.2 Å². The molecule has 0 aliphatic rings. The summed E-state index contributed by atoms with van der Waals surface area (Å²) in [5.41, 5.74) is 3.81. The van der Waals surface area contributed by atoms with Gasteiger partial charge in [-0.15, -0.1) is 10.2 Å². The summed E-state index contributed by atoms with van der Waals surface area (Å²) in [6, 6.07) is 7.95. The number of nitrogens with one attached hydrogen (secondary N) is 1. The van der Waals surface area contributed by atoms with E-state index in [0.29, 0.717) is 11.8 Å². The predicted octanol–water partition coefficient (Wildman–Crippen LogP) is 1.60. The number of anilines is 1. The van der Waals surface area contributed by atoms with Crippen molar-refractivity contribution in [3.8, 4) is 0 Å². The fourth-order valence-corrected chi connectivity index (χ4v) is 1.91. The maximum Gasteiger partial charge on any atom is 0.263 e. The minimum atomic E-state index is 0.425. The second kappa shape index (κ2) is 5.80. The summed E-state index contributed by atoms with van der Waals surface area (Å²) in [5, 5.41) is 11.9. The molecule has 6 nitrogen and oxygen atoms in total. The lowest BCUT2D eigenvalue weighted by Crippen LogP contribution is -2.14. The topological polar surface area (TPSA) is 81.1 Å². The van der Waals surface area contributed by atoms with Crippen LogP contribution in [0.5, 0.6) is 0 Å². The molecule has 7 heteroatoms. The van der Waals surface area contributed by atoms with Crippen LogP contribution in [0.2, 0.25) is 0 Å². The third-order valence-corrected chi connectivity index (χ3v) is 3.34. The van der Waals surface area contributed by atoms with E-state index < -0.39 is 0 Å². The number of benzene rings is 1.